The Labute approximate surface area is 274 Å². The molecule has 10 nitrogen and oxygen atoms in total. The SMILES string of the molecule is CCNc1cc(C(=O)N[C@@H](Cc2ccccc2)[C@@H](O)CNCCc2cccc(OC)c2OC)cc(N2CCCCS2(O)O)c1.Cl. The van der Waals surface area contributed by atoms with Crippen molar-refractivity contribution in [3.63, 3.8) is 0 Å². The van der Waals surface area contributed by atoms with Crippen molar-refractivity contribution < 1.29 is 28.5 Å². The maximum absolute atomic E-state index is 13.7. The van der Waals surface area contributed by atoms with Crippen LogP contribution in [0.1, 0.15) is 41.3 Å². The van der Waals surface area contributed by atoms with Crippen molar-refractivity contribution in [1.82, 2.24) is 10.6 Å². The molecule has 4 rings (SSSR count). The van der Waals surface area contributed by atoms with E-state index in [0.717, 1.165) is 24.0 Å². The number of halogens is 1. The van der Waals surface area contributed by atoms with Gasteiger partial charge in [-0.25, -0.2) is 0 Å². The summed E-state index contributed by atoms with van der Waals surface area (Å²) >= 11 is 0. The van der Waals surface area contributed by atoms with Crippen LogP contribution in [0, 0.1) is 0 Å². The molecule has 1 heterocycles. The van der Waals surface area contributed by atoms with E-state index in [-0.39, 0.29) is 24.9 Å². The van der Waals surface area contributed by atoms with Gasteiger partial charge in [-0.3, -0.25) is 18.2 Å². The molecular weight excluding hydrogens is 616 g/mol. The highest BCUT2D eigenvalue weighted by Gasteiger charge is 2.28. The Morgan fingerprint density at radius 3 is 2.49 bits per heavy atom. The number of amides is 1. The largest absolute Gasteiger partial charge is 0.493 e. The quantitative estimate of drug-likeness (QED) is 0.119. The van der Waals surface area contributed by atoms with E-state index in [1.165, 1.54) is 0 Å². The minimum Gasteiger partial charge on any atom is -0.493 e. The summed E-state index contributed by atoms with van der Waals surface area (Å²) in [6, 6.07) is 20.2. The molecule has 1 saturated heterocycles. The predicted molar refractivity (Wildman–Crippen MR) is 186 cm³/mol. The van der Waals surface area contributed by atoms with Crippen LogP contribution in [0.15, 0.2) is 66.7 Å². The molecule has 1 amide bonds. The molecule has 0 spiro atoms. The fourth-order valence-corrected chi connectivity index (χ4v) is 7.14. The van der Waals surface area contributed by atoms with E-state index in [1.54, 1.807) is 30.7 Å². The molecule has 2 atom stereocenters. The zero-order valence-corrected chi connectivity index (χ0v) is 27.8. The zero-order chi connectivity index (χ0) is 31.5. The maximum Gasteiger partial charge on any atom is 0.251 e. The van der Waals surface area contributed by atoms with E-state index in [0.29, 0.717) is 66.7 Å². The van der Waals surface area contributed by atoms with E-state index in [2.05, 4.69) is 16.0 Å². The number of aliphatic hydroxyl groups excluding tert-OH is 1. The lowest BCUT2D eigenvalue weighted by Crippen LogP contribution is -2.49. The molecule has 45 heavy (non-hydrogen) atoms. The monoisotopic (exact) mass is 662 g/mol. The van der Waals surface area contributed by atoms with Gasteiger partial charge in [0, 0.05) is 30.9 Å². The van der Waals surface area contributed by atoms with Gasteiger partial charge in [-0.05, 0) is 74.5 Å². The van der Waals surface area contributed by atoms with Crippen LogP contribution in [-0.4, -0.2) is 78.4 Å². The van der Waals surface area contributed by atoms with Gasteiger partial charge >= 0.3 is 0 Å². The van der Waals surface area contributed by atoms with Gasteiger partial charge in [0.05, 0.1) is 37.8 Å². The Bertz CT molecular complexity index is 1370. The Hall–Kier alpha value is -3.19. The molecule has 0 unspecified atom stereocenters. The van der Waals surface area contributed by atoms with Gasteiger partial charge in [-0.15, -0.1) is 23.2 Å². The summed E-state index contributed by atoms with van der Waals surface area (Å²) in [5, 5.41) is 20.9. The Morgan fingerprint density at radius 1 is 1.02 bits per heavy atom. The molecular formula is C33H47ClN4O6S. The van der Waals surface area contributed by atoms with Crippen LogP contribution >= 0.6 is 23.2 Å². The number of nitrogens with one attached hydrogen (secondary N) is 3. The highest BCUT2D eigenvalue weighted by Crippen LogP contribution is 2.50. The van der Waals surface area contributed by atoms with Crippen molar-refractivity contribution in [1.29, 1.82) is 0 Å². The molecule has 6 N–H and O–H groups in total. The second-order valence-corrected chi connectivity index (χ2v) is 13.0. The molecule has 12 heteroatoms. The lowest BCUT2D eigenvalue weighted by Gasteiger charge is -2.47. The number of rotatable bonds is 15. The topological polar surface area (TPSA) is 136 Å². The fourth-order valence-electron chi connectivity index (χ4n) is 5.47. The summed E-state index contributed by atoms with van der Waals surface area (Å²) < 4.78 is 34.0. The number of anilines is 2. The second-order valence-electron chi connectivity index (χ2n) is 10.9. The van der Waals surface area contributed by atoms with E-state index >= 15 is 0 Å². The summed E-state index contributed by atoms with van der Waals surface area (Å²) in [7, 11) is 0.264. The maximum atomic E-state index is 13.7. The van der Waals surface area contributed by atoms with Crippen LogP contribution in [0.5, 0.6) is 11.5 Å². The van der Waals surface area contributed by atoms with Crippen molar-refractivity contribution in [2.24, 2.45) is 0 Å². The summed E-state index contributed by atoms with van der Waals surface area (Å²) in [4.78, 5) is 13.7. The number of ether oxygens (including phenoxy) is 2. The summed E-state index contributed by atoms with van der Waals surface area (Å²) in [6.07, 6.45) is 1.81. The minimum atomic E-state index is -2.96. The third-order valence-electron chi connectivity index (χ3n) is 7.72. The van der Waals surface area contributed by atoms with E-state index in [9.17, 15) is 19.0 Å². The Morgan fingerprint density at radius 2 is 1.80 bits per heavy atom. The number of hydrogen-bond donors (Lipinski definition) is 6. The molecule has 0 bridgehead atoms. The standard InChI is InChI=1S/C33H46N4O6S.ClH/c1-4-35-27-20-26(21-28(22-27)37-17-8-9-18-44(37,40)41)33(39)36-29(19-24-11-6-5-7-12-24)30(38)23-34-16-15-25-13-10-14-31(42-2)32(25)43-3;/h5-7,10-14,20-22,29-30,34-35,38,40-41H,4,8-9,15-19,23H2,1-3H3,(H,36,39);1H/t29-,30-;/m0./s1. The first kappa shape index (κ1) is 36.3. The summed E-state index contributed by atoms with van der Waals surface area (Å²) in [5.41, 5.74) is 3.66. The lowest BCUT2D eigenvalue weighted by atomic mass is 10.00. The van der Waals surface area contributed by atoms with Crippen molar-refractivity contribution in [3.8, 4) is 11.5 Å². The highest BCUT2D eigenvalue weighted by molar-refractivity contribution is 8.25. The van der Waals surface area contributed by atoms with Crippen molar-refractivity contribution in [3.05, 3.63) is 83.4 Å². The van der Waals surface area contributed by atoms with Gasteiger partial charge in [-0.2, -0.15) is 0 Å². The molecule has 3 aromatic rings. The number of hydrogen-bond acceptors (Lipinski definition) is 9. The van der Waals surface area contributed by atoms with Gasteiger partial charge in [0.2, 0.25) is 0 Å². The smallest absolute Gasteiger partial charge is 0.251 e. The van der Waals surface area contributed by atoms with Gasteiger partial charge in [0.25, 0.3) is 5.91 Å². The average molecular weight is 663 g/mol. The number of methoxy groups -OCH3 is 2. The molecule has 0 aliphatic carbocycles. The van der Waals surface area contributed by atoms with Crippen LogP contribution in [0.4, 0.5) is 11.4 Å². The van der Waals surface area contributed by atoms with Crippen molar-refractivity contribution in [2.45, 2.75) is 44.8 Å². The Balaban J connectivity index is 0.00000552. The van der Waals surface area contributed by atoms with Gasteiger partial charge in [-0.1, -0.05) is 42.5 Å². The third-order valence-corrected chi connectivity index (χ3v) is 9.66. The number of para-hydroxylation sites is 1. The van der Waals surface area contributed by atoms with Crippen LogP contribution in [-0.2, 0) is 12.8 Å². The first-order chi connectivity index (χ1) is 21.2. The molecule has 1 fully saturated rings. The lowest BCUT2D eigenvalue weighted by molar-refractivity contribution is 0.0831. The molecule has 1 aliphatic heterocycles. The molecule has 0 saturated carbocycles. The minimum absolute atomic E-state index is 0. The van der Waals surface area contributed by atoms with E-state index in [1.807, 2.05) is 61.5 Å². The van der Waals surface area contributed by atoms with Gasteiger partial charge < -0.3 is 30.5 Å². The van der Waals surface area contributed by atoms with Crippen LogP contribution in [0.25, 0.3) is 0 Å². The molecule has 1 aliphatic rings. The Kier molecular flexibility index (Phi) is 14.1. The van der Waals surface area contributed by atoms with E-state index in [4.69, 9.17) is 9.47 Å². The average Bonchev–Trinajstić information content (AvgIpc) is 3.02. The summed E-state index contributed by atoms with van der Waals surface area (Å²) in [5.74, 6) is 1.32. The number of benzene rings is 3. The van der Waals surface area contributed by atoms with Crippen LogP contribution < -0.4 is 29.7 Å². The first-order valence-electron chi connectivity index (χ1n) is 15.1. The molecule has 0 radical (unpaired) electrons. The van der Waals surface area contributed by atoms with E-state index < -0.39 is 22.9 Å². The molecule has 248 valence electrons. The molecule has 3 aromatic carbocycles. The zero-order valence-electron chi connectivity index (χ0n) is 26.2. The van der Waals surface area contributed by atoms with Gasteiger partial charge in [0.1, 0.15) is 0 Å². The predicted octanol–water partition coefficient (Wildman–Crippen LogP) is 5.36. The molecule has 0 aromatic heterocycles. The van der Waals surface area contributed by atoms with Crippen LogP contribution in [0.3, 0.4) is 0 Å². The normalized spacial score (nSPS) is 16.1. The van der Waals surface area contributed by atoms with Crippen molar-refractivity contribution in [2.75, 3.05) is 55.8 Å². The number of aliphatic hydroxyl groups is 1. The fraction of sp³-hybridized carbons (Fsp3) is 0.424. The highest BCUT2D eigenvalue weighted by atomic mass is 35.5. The third kappa shape index (κ3) is 9.90. The van der Waals surface area contributed by atoms with Crippen LogP contribution in [0.2, 0.25) is 0 Å². The second kappa shape index (κ2) is 17.5. The summed E-state index contributed by atoms with van der Waals surface area (Å²) in [6.45, 7) is 3.96. The number of carbonyl (C=O) groups is 1. The van der Waals surface area contributed by atoms with Gasteiger partial charge in [0.15, 0.2) is 11.5 Å². The number of carbonyl (C=O) groups excluding carboxylic acids is 1. The first-order valence-corrected chi connectivity index (χ1v) is 16.8. The number of nitrogens with zero attached hydrogens (tertiary/aromatic N) is 1. The van der Waals surface area contributed by atoms with Crippen molar-refractivity contribution >= 4 is 40.5 Å².